The fraction of sp³-hybridized carbons (Fsp3) is 0.0588. The predicted octanol–water partition coefficient (Wildman–Crippen LogP) is 18.1. The molecular formula is C68H48N2. The van der Waals surface area contributed by atoms with E-state index in [0.717, 1.165) is 34.1 Å². The zero-order chi connectivity index (χ0) is 46.6. The summed E-state index contributed by atoms with van der Waals surface area (Å²) in [6.07, 6.45) is 0. The molecule has 1 atom stereocenters. The van der Waals surface area contributed by atoms with Crippen molar-refractivity contribution in [1.29, 1.82) is 0 Å². The van der Waals surface area contributed by atoms with E-state index in [1.54, 1.807) is 0 Å². The van der Waals surface area contributed by atoms with E-state index < -0.39 is 5.41 Å². The van der Waals surface area contributed by atoms with Crippen LogP contribution in [0.1, 0.15) is 47.2 Å². The number of para-hydroxylation sites is 2. The van der Waals surface area contributed by atoms with Crippen LogP contribution in [0.25, 0.3) is 55.3 Å². The lowest BCUT2D eigenvalue weighted by Gasteiger charge is -2.34. The fourth-order valence-electron chi connectivity index (χ4n) is 12.5. The molecule has 3 aliphatic carbocycles. The van der Waals surface area contributed by atoms with Gasteiger partial charge >= 0.3 is 0 Å². The lowest BCUT2D eigenvalue weighted by molar-refractivity contribution is 0.660. The second kappa shape index (κ2) is 15.4. The summed E-state index contributed by atoms with van der Waals surface area (Å²) in [7, 11) is 0. The summed E-state index contributed by atoms with van der Waals surface area (Å²) in [6, 6.07) is 95.0. The molecule has 11 aromatic rings. The van der Waals surface area contributed by atoms with Crippen LogP contribution in [0.15, 0.2) is 255 Å². The molecule has 1 spiro atoms. The summed E-state index contributed by atoms with van der Waals surface area (Å²) >= 11 is 0. The first-order valence-electron chi connectivity index (χ1n) is 24.5. The van der Waals surface area contributed by atoms with Crippen LogP contribution in [0, 0.1) is 0 Å². The van der Waals surface area contributed by atoms with Gasteiger partial charge in [0.15, 0.2) is 0 Å². The molecule has 2 nitrogen and oxygen atoms in total. The Balaban J connectivity index is 1.02. The molecule has 0 aromatic heterocycles. The highest BCUT2D eigenvalue weighted by atomic mass is 15.1. The Morgan fingerprint density at radius 3 is 1.30 bits per heavy atom. The maximum Gasteiger partial charge on any atom is 0.0727 e. The second-order valence-electron chi connectivity index (χ2n) is 19.6. The molecule has 14 rings (SSSR count). The van der Waals surface area contributed by atoms with Gasteiger partial charge in [-0.25, -0.2) is 0 Å². The molecule has 70 heavy (non-hydrogen) atoms. The molecule has 1 unspecified atom stereocenters. The highest BCUT2D eigenvalue weighted by Gasteiger charge is 2.52. The lowest BCUT2D eigenvalue weighted by atomic mass is 9.70. The van der Waals surface area contributed by atoms with Crippen LogP contribution >= 0.6 is 0 Å². The standard InChI is InChI=1S/C68H48N2/c1-67(2)60-29-15-11-26-54(60)57-38-36-51(42-63(57)67)70(66-32-18-14-25-53(66)46-20-5-3-6-21-46)52-37-40-59-56-28-13-17-31-62(56)68(65(59)44-52)61-30-16-12-27-55(61)58-39-35-50(43-64(58)68)69(48-23-7-4-8-24-48)49-34-33-45-19-9-10-22-47(45)41-49/h3-44H,1-2H3. The van der Waals surface area contributed by atoms with E-state index in [1.165, 1.54) is 88.7 Å². The molecule has 0 bridgehead atoms. The Morgan fingerprint density at radius 2 is 0.671 bits per heavy atom. The normalized spacial score (nSPS) is 15.2. The van der Waals surface area contributed by atoms with Crippen LogP contribution in [0.2, 0.25) is 0 Å². The highest BCUT2D eigenvalue weighted by Crippen LogP contribution is 2.64. The van der Waals surface area contributed by atoms with Crippen molar-refractivity contribution in [2.45, 2.75) is 24.7 Å². The van der Waals surface area contributed by atoms with Crippen LogP contribution in [0.5, 0.6) is 0 Å². The van der Waals surface area contributed by atoms with Gasteiger partial charge in [-0.2, -0.15) is 0 Å². The van der Waals surface area contributed by atoms with Gasteiger partial charge in [-0.3, -0.25) is 0 Å². The number of anilines is 6. The van der Waals surface area contributed by atoms with E-state index in [-0.39, 0.29) is 5.41 Å². The molecule has 0 radical (unpaired) electrons. The van der Waals surface area contributed by atoms with E-state index in [0.29, 0.717) is 0 Å². The molecule has 11 aromatic carbocycles. The van der Waals surface area contributed by atoms with E-state index in [1.807, 2.05) is 0 Å². The summed E-state index contributed by atoms with van der Waals surface area (Å²) in [6.45, 7) is 4.75. The number of hydrogen-bond donors (Lipinski definition) is 0. The molecule has 3 aliphatic rings. The third-order valence-electron chi connectivity index (χ3n) is 15.6. The monoisotopic (exact) mass is 892 g/mol. The van der Waals surface area contributed by atoms with E-state index in [2.05, 4.69) is 278 Å². The maximum atomic E-state index is 2.53. The smallest absolute Gasteiger partial charge is 0.0727 e. The van der Waals surface area contributed by atoms with Gasteiger partial charge in [-0.15, -0.1) is 0 Å². The highest BCUT2D eigenvalue weighted by molar-refractivity contribution is 5.99. The largest absolute Gasteiger partial charge is 0.310 e. The van der Waals surface area contributed by atoms with Crippen molar-refractivity contribution >= 4 is 44.9 Å². The van der Waals surface area contributed by atoms with Crippen LogP contribution < -0.4 is 9.80 Å². The SMILES string of the molecule is CC1(C)c2ccccc2-c2ccc(N(c3ccc4c(c3)C3(c5ccccc5-c5ccc(N(c6ccccc6)c6ccc7ccccc7c6)cc53)c3ccccc3-4)c3ccccc3-c3ccccc3)cc21. The molecule has 330 valence electrons. The molecule has 0 amide bonds. The minimum absolute atomic E-state index is 0.161. The van der Waals surface area contributed by atoms with Crippen molar-refractivity contribution < 1.29 is 0 Å². The number of rotatable bonds is 7. The van der Waals surface area contributed by atoms with Crippen molar-refractivity contribution in [3.05, 3.63) is 288 Å². The van der Waals surface area contributed by atoms with Gasteiger partial charge < -0.3 is 9.80 Å². The third-order valence-corrected chi connectivity index (χ3v) is 15.6. The lowest BCUT2D eigenvalue weighted by Crippen LogP contribution is -2.26. The summed E-state index contributed by atoms with van der Waals surface area (Å²) in [4.78, 5) is 4.95. The van der Waals surface area contributed by atoms with Gasteiger partial charge in [-0.05, 0) is 150 Å². The van der Waals surface area contributed by atoms with Crippen LogP contribution in [0.3, 0.4) is 0 Å². The summed E-state index contributed by atoms with van der Waals surface area (Å²) in [5.74, 6) is 0. The second-order valence-corrected chi connectivity index (χ2v) is 19.6. The molecule has 0 saturated carbocycles. The average molecular weight is 893 g/mol. The van der Waals surface area contributed by atoms with E-state index >= 15 is 0 Å². The minimum atomic E-state index is -0.595. The number of nitrogens with zero attached hydrogens (tertiary/aromatic N) is 2. The Morgan fingerprint density at radius 1 is 0.257 bits per heavy atom. The molecular weight excluding hydrogens is 845 g/mol. The quantitative estimate of drug-likeness (QED) is 0.157. The Kier molecular flexibility index (Phi) is 8.88. The Hall–Kier alpha value is -8.72. The van der Waals surface area contributed by atoms with Crippen molar-refractivity contribution in [1.82, 2.24) is 0 Å². The summed E-state index contributed by atoms with van der Waals surface area (Å²) in [5, 5.41) is 2.44. The molecule has 0 N–H and O–H groups in total. The van der Waals surface area contributed by atoms with Gasteiger partial charge in [0.25, 0.3) is 0 Å². The van der Waals surface area contributed by atoms with Crippen molar-refractivity contribution in [2.75, 3.05) is 9.80 Å². The predicted molar refractivity (Wildman–Crippen MR) is 293 cm³/mol. The summed E-state index contributed by atoms with van der Waals surface area (Å²) in [5.41, 5.74) is 24.0. The zero-order valence-electron chi connectivity index (χ0n) is 39.1. The van der Waals surface area contributed by atoms with Crippen LogP contribution in [0.4, 0.5) is 34.1 Å². The number of benzene rings is 11. The first-order chi connectivity index (χ1) is 34.5. The average Bonchev–Trinajstić information content (AvgIpc) is 3.97. The minimum Gasteiger partial charge on any atom is -0.310 e. The fourth-order valence-corrected chi connectivity index (χ4v) is 12.5. The van der Waals surface area contributed by atoms with Crippen molar-refractivity contribution in [3.63, 3.8) is 0 Å². The molecule has 0 aliphatic heterocycles. The van der Waals surface area contributed by atoms with Gasteiger partial charge in [-0.1, -0.05) is 202 Å². The molecule has 2 heteroatoms. The zero-order valence-corrected chi connectivity index (χ0v) is 39.1. The van der Waals surface area contributed by atoms with E-state index in [4.69, 9.17) is 0 Å². The number of hydrogen-bond acceptors (Lipinski definition) is 2. The molecule has 0 heterocycles. The van der Waals surface area contributed by atoms with Gasteiger partial charge in [0.1, 0.15) is 0 Å². The molecule has 0 fully saturated rings. The van der Waals surface area contributed by atoms with Gasteiger partial charge in [0, 0.05) is 39.4 Å². The Bertz CT molecular complexity index is 3870. The maximum absolute atomic E-state index is 2.53. The van der Waals surface area contributed by atoms with Crippen LogP contribution in [-0.2, 0) is 10.8 Å². The van der Waals surface area contributed by atoms with Gasteiger partial charge in [0.2, 0.25) is 0 Å². The summed E-state index contributed by atoms with van der Waals surface area (Å²) < 4.78 is 0. The molecule has 0 saturated heterocycles. The van der Waals surface area contributed by atoms with Gasteiger partial charge in [0.05, 0.1) is 11.1 Å². The number of fused-ring (bicyclic) bond motifs is 14. The van der Waals surface area contributed by atoms with E-state index in [9.17, 15) is 0 Å². The van der Waals surface area contributed by atoms with Crippen molar-refractivity contribution in [3.8, 4) is 44.5 Å². The first kappa shape index (κ1) is 40.4. The Labute approximate surface area is 410 Å². The third kappa shape index (κ3) is 5.80. The van der Waals surface area contributed by atoms with Crippen molar-refractivity contribution in [2.24, 2.45) is 0 Å². The first-order valence-corrected chi connectivity index (χ1v) is 24.5. The topological polar surface area (TPSA) is 6.48 Å². The van der Waals surface area contributed by atoms with Crippen LogP contribution in [-0.4, -0.2) is 0 Å².